The Morgan fingerprint density at radius 1 is 1.11 bits per heavy atom. The Bertz CT molecular complexity index is 826. The van der Waals surface area contributed by atoms with Crippen LogP contribution in [0.3, 0.4) is 0 Å². The predicted octanol–water partition coefficient (Wildman–Crippen LogP) is 4.02. The van der Waals surface area contributed by atoms with Crippen molar-refractivity contribution < 1.29 is 4.79 Å². The molecule has 2 heterocycles. The lowest BCUT2D eigenvalue weighted by Crippen LogP contribution is -2.49. The Morgan fingerprint density at radius 2 is 1.89 bits per heavy atom. The highest BCUT2D eigenvalue weighted by molar-refractivity contribution is 7.99. The van der Waals surface area contributed by atoms with Gasteiger partial charge in [0, 0.05) is 43.8 Å². The molecule has 0 spiro atoms. The molecule has 142 valence electrons. The van der Waals surface area contributed by atoms with Crippen LogP contribution in [0.15, 0.2) is 46.5 Å². The van der Waals surface area contributed by atoms with Crippen molar-refractivity contribution in [1.29, 1.82) is 0 Å². The smallest absolute Gasteiger partial charge is 0.256 e. The minimum Gasteiger partial charge on any atom is -0.336 e. The van der Waals surface area contributed by atoms with Crippen molar-refractivity contribution in [3.63, 3.8) is 0 Å². The monoisotopic (exact) mass is 381 g/mol. The van der Waals surface area contributed by atoms with Crippen LogP contribution in [0, 0.1) is 19.8 Å². The first-order valence-electron chi connectivity index (χ1n) is 9.82. The summed E-state index contributed by atoms with van der Waals surface area (Å²) in [5.74, 6) is 1.02. The summed E-state index contributed by atoms with van der Waals surface area (Å²) < 4.78 is 0. The van der Waals surface area contributed by atoms with E-state index in [-0.39, 0.29) is 5.91 Å². The number of piperazine rings is 1. The summed E-state index contributed by atoms with van der Waals surface area (Å²) in [6.07, 6.45) is 4.54. The highest BCUT2D eigenvalue weighted by atomic mass is 32.2. The molecular weight excluding hydrogens is 354 g/mol. The van der Waals surface area contributed by atoms with Crippen molar-refractivity contribution in [3.8, 4) is 0 Å². The first-order chi connectivity index (χ1) is 13.1. The predicted molar refractivity (Wildman–Crippen MR) is 109 cm³/mol. The second kappa shape index (κ2) is 8.03. The Labute approximate surface area is 166 Å². The van der Waals surface area contributed by atoms with Crippen LogP contribution in [0.2, 0.25) is 0 Å². The van der Waals surface area contributed by atoms with Crippen LogP contribution in [-0.2, 0) is 0 Å². The van der Waals surface area contributed by atoms with E-state index >= 15 is 0 Å². The normalized spacial score (nSPS) is 17.9. The zero-order valence-electron chi connectivity index (χ0n) is 16.1. The number of carbonyl (C=O) groups excluding carboxylic acids is 1. The Morgan fingerprint density at radius 3 is 2.59 bits per heavy atom. The lowest BCUT2D eigenvalue weighted by molar-refractivity contribution is 0.0628. The van der Waals surface area contributed by atoms with Crippen LogP contribution in [0.25, 0.3) is 0 Å². The molecule has 1 saturated carbocycles. The lowest BCUT2D eigenvalue weighted by atomic mass is 10.1. The van der Waals surface area contributed by atoms with Crippen molar-refractivity contribution >= 4 is 17.7 Å². The van der Waals surface area contributed by atoms with E-state index in [2.05, 4.69) is 41.9 Å². The molecule has 27 heavy (non-hydrogen) atoms. The first kappa shape index (κ1) is 18.5. The van der Waals surface area contributed by atoms with Crippen molar-refractivity contribution in [2.75, 3.05) is 32.7 Å². The summed E-state index contributed by atoms with van der Waals surface area (Å²) in [5, 5.41) is 0.797. The number of hydrogen-bond acceptors (Lipinski definition) is 4. The molecule has 4 rings (SSSR count). The van der Waals surface area contributed by atoms with E-state index in [1.807, 2.05) is 17.0 Å². The Hall–Kier alpha value is -1.85. The maximum atomic E-state index is 13.1. The van der Waals surface area contributed by atoms with E-state index < -0.39 is 0 Å². The van der Waals surface area contributed by atoms with Gasteiger partial charge in [-0.25, -0.2) is 4.98 Å². The highest BCUT2D eigenvalue weighted by Crippen LogP contribution is 2.31. The van der Waals surface area contributed by atoms with Gasteiger partial charge in [-0.3, -0.25) is 9.69 Å². The van der Waals surface area contributed by atoms with Gasteiger partial charge in [-0.05, 0) is 68.0 Å². The average Bonchev–Trinajstić information content (AvgIpc) is 3.49. The zero-order valence-corrected chi connectivity index (χ0v) is 17.0. The van der Waals surface area contributed by atoms with Gasteiger partial charge in [-0.1, -0.05) is 17.8 Å². The number of amides is 1. The topological polar surface area (TPSA) is 36.4 Å². The number of rotatable bonds is 5. The molecule has 0 bridgehead atoms. The summed E-state index contributed by atoms with van der Waals surface area (Å²) in [7, 11) is 0. The Kier molecular flexibility index (Phi) is 5.50. The van der Waals surface area contributed by atoms with Gasteiger partial charge < -0.3 is 4.90 Å². The summed E-state index contributed by atoms with van der Waals surface area (Å²) in [6, 6.07) is 10.2. The summed E-state index contributed by atoms with van der Waals surface area (Å²) in [4.78, 5) is 23.3. The second-order valence-corrected chi connectivity index (χ2v) is 8.80. The third kappa shape index (κ3) is 4.53. The summed E-state index contributed by atoms with van der Waals surface area (Å²) in [6.45, 7) is 9.04. The van der Waals surface area contributed by atoms with Gasteiger partial charge in [0.1, 0.15) is 5.03 Å². The molecule has 2 fully saturated rings. The minimum absolute atomic E-state index is 0.112. The van der Waals surface area contributed by atoms with Gasteiger partial charge in [-0.15, -0.1) is 0 Å². The fourth-order valence-corrected chi connectivity index (χ4v) is 4.47. The standard InChI is InChI=1S/C22H27N3OS/c1-16-5-8-19(14-17(16)2)27-21-20(4-3-9-23-21)22(26)25-12-10-24(11-13-25)15-18-6-7-18/h3-5,8-9,14,18H,6-7,10-13,15H2,1-2H3. The van der Waals surface area contributed by atoms with Crippen LogP contribution in [0.4, 0.5) is 0 Å². The van der Waals surface area contributed by atoms with Crippen LogP contribution >= 0.6 is 11.8 Å². The number of nitrogens with zero attached hydrogens (tertiary/aromatic N) is 3. The van der Waals surface area contributed by atoms with Crippen LogP contribution in [-0.4, -0.2) is 53.4 Å². The molecule has 0 radical (unpaired) electrons. The first-order valence-corrected chi connectivity index (χ1v) is 10.6. The summed E-state index contributed by atoms with van der Waals surface area (Å²) in [5.41, 5.74) is 3.26. The fraction of sp³-hybridized carbons (Fsp3) is 0.455. The zero-order chi connectivity index (χ0) is 18.8. The SMILES string of the molecule is Cc1ccc(Sc2ncccc2C(=O)N2CCN(CC3CC3)CC2)cc1C. The average molecular weight is 382 g/mol. The molecule has 1 aliphatic carbocycles. The number of aryl methyl sites for hydroxylation is 2. The maximum absolute atomic E-state index is 13.1. The van der Waals surface area contributed by atoms with Gasteiger partial charge in [0.15, 0.2) is 0 Å². The Balaban J connectivity index is 1.45. The number of benzene rings is 1. The van der Waals surface area contributed by atoms with Gasteiger partial charge in [0.25, 0.3) is 5.91 Å². The third-order valence-electron chi connectivity index (χ3n) is 5.57. The molecule has 1 aromatic carbocycles. The largest absolute Gasteiger partial charge is 0.336 e. The van der Waals surface area contributed by atoms with E-state index in [9.17, 15) is 4.79 Å². The maximum Gasteiger partial charge on any atom is 0.256 e. The number of hydrogen-bond donors (Lipinski definition) is 0. The lowest BCUT2D eigenvalue weighted by Gasteiger charge is -2.35. The van der Waals surface area contributed by atoms with Crippen LogP contribution in [0.1, 0.15) is 34.3 Å². The van der Waals surface area contributed by atoms with E-state index in [4.69, 9.17) is 0 Å². The van der Waals surface area contributed by atoms with Crippen LogP contribution in [0.5, 0.6) is 0 Å². The molecular formula is C22H27N3OS. The van der Waals surface area contributed by atoms with Gasteiger partial charge in [-0.2, -0.15) is 0 Å². The molecule has 1 aromatic heterocycles. The van der Waals surface area contributed by atoms with E-state index in [1.165, 1.54) is 30.5 Å². The second-order valence-electron chi connectivity index (χ2n) is 7.74. The molecule has 2 aliphatic rings. The molecule has 0 unspecified atom stereocenters. The molecule has 2 aromatic rings. The highest BCUT2D eigenvalue weighted by Gasteiger charge is 2.28. The van der Waals surface area contributed by atoms with Gasteiger partial charge >= 0.3 is 0 Å². The molecule has 0 atom stereocenters. The number of carbonyl (C=O) groups is 1. The van der Waals surface area contributed by atoms with Crippen molar-refractivity contribution in [2.45, 2.75) is 36.6 Å². The molecule has 4 nitrogen and oxygen atoms in total. The van der Waals surface area contributed by atoms with E-state index in [1.54, 1.807) is 18.0 Å². The summed E-state index contributed by atoms with van der Waals surface area (Å²) >= 11 is 1.58. The van der Waals surface area contributed by atoms with Gasteiger partial charge in [0.05, 0.1) is 5.56 Å². The van der Waals surface area contributed by atoms with Gasteiger partial charge in [0.2, 0.25) is 0 Å². The number of aromatic nitrogens is 1. The fourth-order valence-electron chi connectivity index (χ4n) is 3.49. The van der Waals surface area contributed by atoms with E-state index in [0.717, 1.165) is 47.6 Å². The quantitative estimate of drug-likeness (QED) is 0.784. The van der Waals surface area contributed by atoms with Crippen molar-refractivity contribution in [2.24, 2.45) is 5.92 Å². The molecule has 1 aliphatic heterocycles. The van der Waals surface area contributed by atoms with Crippen molar-refractivity contribution in [1.82, 2.24) is 14.8 Å². The van der Waals surface area contributed by atoms with Crippen LogP contribution < -0.4 is 0 Å². The van der Waals surface area contributed by atoms with Crippen molar-refractivity contribution in [3.05, 3.63) is 53.2 Å². The molecule has 5 heteroatoms. The third-order valence-corrected chi connectivity index (χ3v) is 6.58. The molecule has 1 saturated heterocycles. The van der Waals surface area contributed by atoms with E-state index in [0.29, 0.717) is 0 Å². The molecule has 0 N–H and O–H groups in total. The number of pyridine rings is 1. The minimum atomic E-state index is 0.112. The molecule has 1 amide bonds.